The van der Waals surface area contributed by atoms with E-state index in [2.05, 4.69) is 16.8 Å². The highest BCUT2D eigenvalue weighted by molar-refractivity contribution is 6.31. The lowest BCUT2D eigenvalue weighted by molar-refractivity contribution is 0.172. The summed E-state index contributed by atoms with van der Waals surface area (Å²) in [5, 5.41) is 3.96. The minimum absolute atomic E-state index is 0. The molecule has 0 amide bonds. The largest absolute Gasteiger partial charge is 0.314 e. The monoisotopic (exact) mass is 354 g/mol. The van der Waals surface area contributed by atoms with Gasteiger partial charge in [-0.2, -0.15) is 0 Å². The van der Waals surface area contributed by atoms with Gasteiger partial charge >= 0.3 is 0 Å². The molecule has 1 heterocycles. The summed E-state index contributed by atoms with van der Waals surface area (Å²) in [4.78, 5) is 2.35. The summed E-state index contributed by atoms with van der Waals surface area (Å²) in [5.41, 5.74) is 1.95. The summed E-state index contributed by atoms with van der Waals surface area (Å²) in [6, 6.07) is 4.71. The molecular weight excluding hydrogens is 334 g/mol. The summed E-state index contributed by atoms with van der Waals surface area (Å²) in [6.45, 7) is 9.80. The topological polar surface area (TPSA) is 15.3 Å². The number of hydrogen-bond donors (Lipinski definition) is 1. The summed E-state index contributed by atoms with van der Waals surface area (Å²) < 4.78 is 13.5. The first kappa shape index (κ1) is 20.7. The van der Waals surface area contributed by atoms with E-state index in [0.717, 1.165) is 43.7 Å². The molecule has 1 aliphatic rings. The Bertz CT molecular complexity index is 462. The van der Waals surface area contributed by atoms with E-state index < -0.39 is 0 Å². The van der Waals surface area contributed by atoms with Crippen molar-refractivity contribution in [2.45, 2.75) is 19.4 Å². The molecule has 2 rings (SSSR count). The molecule has 120 valence electrons. The van der Waals surface area contributed by atoms with Crippen LogP contribution in [0, 0.1) is 5.82 Å². The van der Waals surface area contributed by atoms with E-state index in [0.29, 0.717) is 5.02 Å². The molecule has 0 radical (unpaired) electrons. The van der Waals surface area contributed by atoms with Gasteiger partial charge in [-0.3, -0.25) is 4.90 Å². The lowest BCUT2D eigenvalue weighted by atomic mass is 9.97. The normalized spacial score (nSPS) is 16.5. The predicted octanol–water partition coefficient (Wildman–Crippen LogP) is 4.24. The van der Waals surface area contributed by atoms with Gasteiger partial charge in [0.2, 0.25) is 0 Å². The Morgan fingerprint density at radius 2 is 2.00 bits per heavy atom. The third kappa shape index (κ3) is 5.76. The second kappa shape index (κ2) is 9.65. The molecule has 0 bridgehead atoms. The Morgan fingerprint density at radius 3 is 2.57 bits per heavy atom. The number of nitrogens with zero attached hydrogens (tertiary/aromatic N) is 1. The van der Waals surface area contributed by atoms with Crippen LogP contribution in [0.3, 0.4) is 0 Å². The van der Waals surface area contributed by atoms with Crippen molar-refractivity contribution in [1.82, 2.24) is 10.2 Å². The van der Waals surface area contributed by atoms with E-state index in [9.17, 15) is 4.39 Å². The highest BCUT2D eigenvalue weighted by atomic mass is 35.5. The average Bonchev–Trinajstić information content (AvgIpc) is 2.40. The Morgan fingerprint density at radius 1 is 1.38 bits per heavy atom. The van der Waals surface area contributed by atoms with Crippen LogP contribution in [0.4, 0.5) is 4.39 Å². The van der Waals surface area contributed by atoms with Crippen LogP contribution in [0.1, 0.15) is 24.9 Å². The minimum atomic E-state index is -0.235. The average molecular weight is 356 g/mol. The lowest BCUT2D eigenvalue weighted by Crippen LogP contribution is -2.45. The molecule has 0 saturated carbocycles. The van der Waals surface area contributed by atoms with Crippen LogP contribution < -0.4 is 5.32 Å². The fraction of sp³-hybridized carbons (Fsp3) is 0.467. The summed E-state index contributed by atoms with van der Waals surface area (Å²) in [5.74, 6) is -0.235. The highest BCUT2D eigenvalue weighted by Gasteiger charge is 2.24. The number of hydrogen-bond acceptors (Lipinski definition) is 2. The third-order valence-corrected chi connectivity index (χ3v) is 3.80. The zero-order valence-electron chi connectivity index (χ0n) is 12.1. The molecule has 0 aromatic heterocycles. The van der Waals surface area contributed by atoms with Gasteiger partial charge in [0.15, 0.2) is 0 Å². The van der Waals surface area contributed by atoms with Crippen LogP contribution >= 0.6 is 36.4 Å². The van der Waals surface area contributed by atoms with Crippen molar-refractivity contribution in [1.29, 1.82) is 0 Å². The molecule has 1 aromatic carbocycles. The molecular formula is C15H22Cl3FN2. The maximum Gasteiger partial charge on any atom is 0.123 e. The number of nitrogens with one attached hydrogen (secondary N) is 1. The standard InChI is InChI=1S/C15H20ClFN2.2ClH/c1-11(2)9-15(19-7-5-18-6-8-19)13-10-12(17)3-4-14(13)16;;/h3-4,10,15,18H,1,5-9H2,2H3;2*1H/t15-;;/m1../s1. The van der Waals surface area contributed by atoms with Gasteiger partial charge in [-0.25, -0.2) is 4.39 Å². The van der Waals surface area contributed by atoms with Gasteiger partial charge in [0.25, 0.3) is 0 Å². The van der Waals surface area contributed by atoms with Crippen LogP contribution in [0.2, 0.25) is 5.02 Å². The Balaban J connectivity index is 0.00000200. The van der Waals surface area contributed by atoms with Crippen molar-refractivity contribution in [2.75, 3.05) is 26.2 Å². The van der Waals surface area contributed by atoms with Crippen molar-refractivity contribution in [3.8, 4) is 0 Å². The quantitative estimate of drug-likeness (QED) is 0.813. The molecule has 1 fully saturated rings. The van der Waals surface area contributed by atoms with Crippen LogP contribution in [0.5, 0.6) is 0 Å². The summed E-state index contributed by atoms with van der Waals surface area (Å²) in [6.07, 6.45) is 0.809. The highest BCUT2D eigenvalue weighted by Crippen LogP contribution is 2.32. The Hall–Kier alpha value is -0.320. The van der Waals surface area contributed by atoms with Gasteiger partial charge in [-0.15, -0.1) is 31.4 Å². The van der Waals surface area contributed by atoms with Crippen LogP contribution in [-0.4, -0.2) is 31.1 Å². The van der Waals surface area contributed by atoms with E-state index in [4.69, 9.17) is 11.6 Å². The van der Waals surface area contributed by atoms with Crippen LogP contribution in [0.25, 0.3) is 0 Å². The lowest BCUT2D eigenvalue weighted by Gasteiger charge is -2.35. The molecule has 1 aliphatic heterocycles. The first-order valence-electron chi connectivity index (χ1n) is 6.62. The SMILES string of the molecule is C=C(C)C[C@H](c1cc(F)ccc1Cl)N1CCNCC1.Cl.Cl. The maximum absolute atomic E-state index is 13.5. The summed E-state index contributed by atoms with van der Waals surface area (Å²) >= 11 is 6.26. The van der Waals surface area contributed by atoms with Crippen molar-refractivity contribution >= 4 is 36.4 Å². The van der Waals surface area contributed by atoms with E-state index in [1.807, 2.05) is 6.92 Å². The molecule has 2 nitrogen and oxygen atoms in total. The van der Waals surface area contributed by atoms with E-state index in [1.165, 1.54) is 6.07 Å². The van der Waals surface area contributed by atoms with E-state index >= 15 is 0 Å². The smallest absolute Gasteiger partial charge is 0.123 e. The molecule has 21 heavy (non-hydrogen) atoms. The molecule has 0 unspecified atom stereocenters. The van der Waals surface area contributed by atoms with Crippen molar-refractivity contribution < 1.29 is 4.39 Å². The summed E-state index contributed by atoms with van der Waals surface area (Å²) in [7, 11) is 0. The van der Waals surface area contributed by atoms with Gasteiger partial charge in [-0.05, 0) is 37.1 Å². The number of benzene rings is 1. The first-order chi connectivity index (χ1) is 9.08. The van der Waals surface area contributed by atoms with Crippen molar-refractivity contribution in [3.63, 3.8) is 0 Å². The van der Waals surface area contributed by atoms with E-state index in [-0.39, 0.29) is 36.7 Å². The van der Waals surface area contributed by atoms with Gasteiger partial charge in [0.1, 0.15) is 5.82 Å². The Labute approximate surface area is 143 Å². The van der Waals surface area contributed by atoms with Gasteiger partial charge in [0, 0.05) is 37.2 Å². The number of halogens is 4. The van der Waals surface area contributed by atoms with Crippen molar-refractivity contribution in [2.24, 2.45) is 0 Å². The zero-order chi connectivity index (χ0) is 13.8. The first-order valence-corrected chi connectivity index (χ1v) is 7.00. The van der Waals surface area contributed by atoms with Crippen LogP contribution in [0.15, 0.2) is 30.4 Å². The minimum Gasteiger partial charge on any atom is -0.314 e. The maximum atomic E-state index is 13.5. The molecule has 1 N–H and O–H groups in total. The van der Waals surface area contributed by atoms with Gasteiger partial charge in [-0.1, -0.05) is 17.2 Å². The molecule has 1 saturated heterocycles. The molecule has 1 atom stereocenters. The number of rotatable bonds is 4. The molecule has 0 spiro atoms. The number of piperazine rings is 1. The molecule has 1 aromatic rings. The fourth-order valence-corrected chi connectivity index (χ4v) is 2.77. The van der Waals surface area contributed by atoms with Crippen molar-refractivity contribution in [3.05, 3.63) is 46.8 Å². The zero-order valence-corrected chi connectivity index (χ0v) is 14.5. The fourth-order valence-electron chi connectivity index (χ4n) is 2.53. The van der Waals surface area contributed by atoms with E-state index in [1.54, 1.807) is 12.1 Å². The second-order valence-electron chi connectivity index (χ2n) is 5.13. The second-order valence-corrected chi connectivity index (χ2v) is 5.54. The Kier molecular flexibility index (Phi) is 9.50. The van der Waals surface area contributed by atoms with Gasteiger partial charge in [0.05, 0.1) is 0 Å². The predicted molar refractivity (Wildman–Crippen MR) is 92.5 cm³/mol. The van der Waals surface area contributed by atoms with Crippen LogP contribution in [-0.2, 0) is 0 Å². The molecule has 0 aliphatic carbocycles. The third-order valence-electron chi connectivity index (χ3n) is 3.45. The van der Waals surface area contributed by atoms with Gasteiger partial charge < -0.3 is 5.32 Å². The molecule has 6 heteroatoms.